The minimum Gasteiger partial charge on any atom is -0.420 e. The van der Waals surface area contributed by atoms with Crippen LogP contribution in [0.2, 0.25) is 0 Å². The van der Waals surface area contributed by atoms with Crippen molar-refractivity contribution in [3.63, 3.8) is 0 Å². The quantitative estimate of drug-likeness (QED) is 0.441. The summed E-state index contributed by atoms with van der Waals surface area (Å²) in [5.74, 6) is 1.13. The Morgan fingerprint density at radius 1 is 1.38 bits per heavy atom. The first kappa shape index (κ1) is 18.2. The molecule has 1 aromatic carbocycles. The zero-order valence-corrected chi connectivity index (χ0v) is 17.8. The van der Waals surface area contributed by atoms with Crippen LogP contribution in [0.4, 0.5) is 0 Å². The van der Waals surface area contributed by atoms with Gasteiger partial charge in [0.1, 0.15) is 11.6 Å². The van der Waals surface area contributed by atoms with Gasteiger partial charge in [-0.15, -0.1) is 27.8 Å². The van der Waals surface area contributed by atoms with E-state index in [0.29, 0.717) is 11.5 Å². The summed E-state index contributed by atoms with van der Waals surface area (Å²) in [5, 5.41) is 18.9. The minimum atomic E-state index is -0.256. The molecule has 4 aromatic rings. The first-order valence-electron chi connectivity index (χ1n) is 8.82. The third kappa shape index (κ3) is 3.19. The highest BCUT2D eigenvalue weighted by molar-refractivity contribution is 8.00. The number of fused-ring (bicyclic) bond motifs is 2. The van der Waals surface area contributed by atoms with Crippen LogP contribution >= 0.6 is 34.4 Å². The Morgan fingerprint density at radius 3 is 3.07 bits per heavy atom. The van der Waals surface area contributed by atoms with Crippen molar-refractivity contribution in [2.75, 3.05) is 0 Å². The van der Waals surface area contributed by atoms with E-state index in [-0.39, 0.29) is 11.8 Å². The van der Waals surface area contributed by atoms with Crippen molar-refractivity contribution >= 4 is 44.7 Å². The summed E-state index contributed by atoms with van der Waals surface area (Å²) in [6, 6.07) is 12.5. The maximum atomic E-state index is 9.67. The lowest BCUT2D eigenvalue weighted by molar-refractivity contribution is 0.379. The Balaban J connectivity index is 1.42. The van der Waals surface area contributed by atoms with Crippen LogP contribution in [0, 0.1) is 18.3 Å². The maximum absolute atomic E-state index is 9.67. The van der Waals surface area contributed by atoms with E-state index in [1.165, 1.54) is 10.3 Å². The number of H-pyrrole nitrogens is 1. The smallest absolute Gasteiger partial charge is 0.244 e. The van der Waals surface area contributed by atoms with Crippen molar-refractivity contribution < 1.29 is 4.74 Å². The van der Waals surface area contributed by atoms with Gasteiger partial charge in [0.05, 0.1) is 21.7 Å². The standard InChI is InChI=1S/C20H15N5OS3/c1-10-16-17(12(7-21)18(22)26-19(16)25-24-10)15-6-11(8-27-15)9-28-20-23-13-4-2-3-5-14(13)29-20/h2-6,8,17H,9,22H2,1H3,(H,24,25)/t17-/m1/s1. The van der Waals surface area contributed by atoms with Gasteiger partial charge in [-0.1, -0.05) is 23.9 Å². The Labute approximate surface area is 179 Å². The van der Waals surface area contributed by atoms with Gasteiger partial charge in [-0.25, -0.2) is 4.98 Å². The number of benzene rings is 1. The Bertz CT molecular complexity index is 1260. The van der Waals surface area contributed by atoms with Crippen LogP contribution < -0.4 is 10.5 Å². The predicted octanol–water partition coefficient (Wildman–Crippen LogP) is 4.90. The first-order chi connectivity index (χ1) is 14.1. The van der Waals surface area contributed by atoms with E-state index in [1.807, 2.05) is 25.1 Å². The molecule has 0 unspecified atom stereocenters. The normalized spacial score (nSPS) is 15.9. The molecule has 1 atom stereocenters. The van der Waals surface area contributed by atoms with E-state index < -0.39 is 0 Å². The van der Waals surface area contributed by atoms with Crippen LogP contribution in [0.1, 0.15) is 27.6 Å². The van der Waals surface area contributed by atoms with Crippen molar-refractivity contribution in [2.45, 2.75) is 22.9 Å². The van der Waals surface area contributed by atoms with Gasteiger partial charge in [-0.05, 0) is 36.1 Å². The van der Waals surface area contributed by atoms with E-state index in [2.05, 4.69) is 38.8 Å². The lowest BCUT2D eigenvalue weighted by Gasteiger charge is -2.22. The predicted molar refractivity (Wildman–Crippen MR) is 116 cm³/mol. The number of aromatic amines is 1. The highest BCUT2D eigenvalue weighted by Gasteiger charge is 2.35. The molecule has 3 N–H and O–H groups in total. The molecule has 1 aliphatic heterocycles. The Hall–Kier alpha value is -2.80. The Morgan fingerprint density at radius 2 is 2.24 bits per heavy atom. The van der Waals surface area contributed by atoms with Gasteiger partial charge in [0.25, 0.3) is 0 Å². The Kier molecular flexibility index (Phi) is 4.54. The highest BCUT2D eigenvalue weighted by Crippen LogP contribution is 2.45. The van der Waals surface area contributed by atoms with Crippen molar-refractivity contribution in [2.24, 2.45) is 5.73 Å². The molecule has 29 heavy (non-hydrogen) atoms. The average molecular weight is 438 g/mol. The number of nitriles is 1. The number of aromatic nitrogens is 3. The number of ether oxygens (including phenoxy) is 1. The summed E-state index contributed by atoms with van der Waals surface area (Å²) in [6.45, 7) is 1.93. The molecule has 0 radical (unpaired) electrons. The molecule has 0 amide bonds. The van der Waals surface area contributed by atoms with Crippen molar-refractivity contribution in [3.05, 3.63) is 68.9 Å². The van der Waals surface area contributed by atoms with Gasteiger partial charge in [-0.2, -0.15) is 5.26 Å². The van der Waals surface area contributed by atoms with Gasteiger partial charge in [0.2, 0.25) is 11.8 Å². The lowest BCUT2D eigenvalue weighted by Crippen LogP contribution is -2.20. The summed E-state index contributed by atoms with van der Waals surface area (Å²) in [5.41, 5.74) is 10.4. The largest absolute Gasteiger partial charge is 0.420 e. The van der Waals surface area contributed by atoms with E-state index in [9.17, 15) is 5.26 Å². The number of para-hydroxylation sites is 1. The number of nitrogens with one attached hydrogen (secondary N) is 1. The molecule has 9 heteroatoms. The number of nitrogens with two attached hydrogens (primary N) is 1. The molecule has 6 nitrogen and oxygen atoms in total. The highest BCUT2D eigenvalue weighted by atomic mass is 32.2. The van der Waals surface area contributed by atoms with Crippen LogP contribution in [0.5, 0.6) is 5.88 Å². The number of hydrogen-bond acceptors (Lipinski definition) is 8. The molecule has 0 saturated carbocycles. The molecular formula is C20H15N5OS3. The molecule has 0 aliphatic carbocycles. The number of thiophene rings is 1. The van der Waals surface area contributed by atoms with Crippen LogP contribution in [-0.4, -0.2) is 15.2 Å². The molecule has 5 rings (SSSR count). The molecule has 1 aliphatic rings. The van der Waals surface area contributed by atoms with Crippen LogP contribution in [0.15, 0.2) is 51.5 Å². The summed E-state index contributed by atoms with van der Waals surface area (Å²) < 4.78 is 7.79. The fourth-order valence-corrected chi connectivity index (χ4v) is 6.50. The molecule has 144 valence electrons. The van der Waals surface area contributed by atoms with E-state index >= 15 is 0 Å². The number of nitrogens with zero attached hydrogens (tertiary/aromatic N) is 3. The first-order valence-corrected chi connectivity index (χ1v) is 11.5. The molecule has 0 spiro atoms. The van der Waals surface area contributed by atoms with Crippen LogP contribution in [0.25, 0.3) is 10.2 Å². The lowest BCUT2D eigenvalue weighted by atomic mass is 9.89. The van der Waals surface area contributed by atoms with E-state index in [4.69, 9.17) is 10.5 Å². The average Bonchev–Trinajstić information content (AvgIpc) is 3.43. The maximum Gasteiger partial charge on any atom is 0.244 e. The zero-order valence-electron chi connectivity index (χ0n) is 15.3. The van der Waals surface area contributed by atoms with E-state index in [0.717, 1.165) is 31.7 Å². The summed E-state index contributed by atoms with van der Waals surface area (Å²) >= 11 is 5.06. The van der Waals surface area contributed by atoms with Gasteiger partial charge < -0.3 is 10.5 Å². The summed E-state index contributed by atoms with van der Waals surface area (Å²) in [4.78, 5) is 5.74. The number of rotatable bonds is 4. The minimum absolute atomic E-state index is 0.121. The topological polar surface area (TPSA) is 101 Å². The fourth-order valence-electron chi connectivity index (χ4n) is 3.36. The van der Waals surface area contributed by atoms with Gasteiger partial charge in [0.15, 0.2) is 4.34 Å². The van der Waals surface area contributed by atoms with Gasteiger partial charge in [0, 0.05) is 16.3 Å². The summed E-state index contributed by atoms with van der Waals surface area (Å²) in [7, 11) is 0. The molecule has 0 saturated heterocycles. The molecular weight excluding hydrogens is 422 g/mol. The SMILES string of the molecule is Cc1[nH]nc2c1[C@@H](c1cc(CSc3nc4ccccc4s3)cs1)C(C#N)=C(N)O2. The van der Waals surface area contributed by atoms with E-state index in [1.54, 1.807) is 34.4 Å². The third-order valence-electron chi connectivity index (χ3n) is 4.72. The number of hydrogen-bond donors (Lipinski definition) is 2. The summed E-state index contributed by atoms with van der Waals surface area (Å²) in [6.07, 6.45) is 0. The van der Waals surface area contributed by atoms with Gasteiger partial charge >= 0.3 is 0 Å². The number of aryl methyl sites for hydroxylation is 1. The molecule has 4 heterocycles. The third-order valence-corrected chi connectivity index (χ3v) is 8.02. The zero-order chi connectivity index (χ0) is 20.0. The number of allylic oxidation sites excluding steroid dienone is 1. The number of thiazole rings is 1. The molecule has 0 fully saturated rings. The van der Waals surface area contributed by atoms with Crippen LogP contribution in [-0.2, 0) is 5.75 Å². The molecule has 0 bridgehead atoms. The fraction of sp³-hybridized carbons (Fsp3) is 0.150. The number of thioether (sulfide) groups is 1. The second kappa shape index (κ2) is 7.22. The van der Waals surface area contributed by atoms with Crippen molar-refractivity contribution in [1.29, 1.82) is 5.26 Å². The van der Waals surface area contributed by atoms with Crippen molar-refractivity contribution in [1.82, 2.24) is 15.2 Å². The van der Waals surface area contributed by atoms with Crippen LogP contribution in [0.3, 0.4) is 0 Å². The monoisotopic (exact) mass is 437 g/mol. The molecule has 3 aromatic heterocycles. The van der Waals surface area contributed by atoms with Gasteiger partial charge in [-0.3, -0.25) is 5.10 Å². The van der Waals surface area contributed by atoms with Crippen molar-refractivity contribution in [3.8, 4) is 11.9 Å². The second-order valence-corrected chi connectivity index (χ2v) is 9.78. The second-order valence-electron chi connectivity index (χ2n) is 6.59.